The zero-order chi connectivity index (χ0) is 22.3. The first kappa shape index (κ1) is 22.1. The molecule has 8 heteroatoms. The summed E-state index contributed by atoms with van der Waals surface area (Å²) in [6, 6.07) is 15.7. The maximum atomic E-state index is 12.4. The van der Waals surface area contributed by atoms with Crippen LogP contribution in [0.15, 0.2) is 48.5 Å². The second-order valence-corrected chi connectivity index (χ2v) is 8.17. The minimum atomic E-state index is -0.613. The van der Waals surface area contributed by atoms with Crippen LogP contribution in [0.4, 0.5) is 0 Å². The predicted molar refractivity (Wildman–Crippen MR) is 121 cm³/mol. The molecule has 0 aliphatic carbocycles. The average molecular weight is 439 g/mol. The summed E-state index contributed by atoms with van der Waals surface area (Å²) < 4.78 is 11.0. The number of nitrogens with one attached hydrogen (secondary N) is 2. The van der Waals surface area contributed by atoms with Crippen LogP contribution in [0, 0.1) is 0 Å². The predicted octanol–water partition coefficient (Wildman–Crippen LogP) is 1.18. The number of likely N-dealkylation sites (N-methyl/N-ethyl adjacent to an activating group) is 1. The van der Waals surface area contributed by atoms with Gasteiger partial charge in [-0.25, -0.2) is 0 Å². The van der Waals surface area contributed by atoms with E-state index in [-0.39, 0.29) is 12.8 Å². The number of nitrogens with zero attached hydrogens (tertiary/aromatic N) is 2. The first-order valence-corrected chi connectivity index (χ1v) is 11.0. The van der Waals surface area contributed by atoms with Gasteiger partial charge in [0, 0.05) is 39.3 Å². The summed E-state index contributed by atoms with van der Waals surface area (Å²) >= 11 is 0. The lowest BCUT2D eigenvalue weighted by molar-refractivity contribution is -0.139. The third-order valence-electron chi connectivity index (χ3n) is 5.96. The fraction of sp³-hybridized carbons (Fsp3) is 0.417. The molecular weight excluding hydrogens is 408 g/mol. The first-order valence-electron chi connectivity index (χ1n) is 11.0. The van der Waals surface area contributed by atoms with Crippen molar-refractivity contribution >= 4 is 11.8 Å². The number of piperazine rings is 1. The standard InChI is InChI=1S/C24H30N4O4/c1-27-11-13-28(14-12-27)20(19-7-8-21-22(15-19)32-17-31-21)16-26-24(30)23(29)25-10-9-18-5-3-2-4-6-18/h2-8,15,20H,9-14,16-17H2,1H3,(H,25,29)(H,26,30). The number of carbonyl (C=O) groups excluding carboxylic acids is 2. The second kappa shape index (κ2) is 10.5. The van der Waals surface area contributed by atoms with E-state index < -0.39 is 11.8 Å². The molecule has 0 aromatic heterocycles. The monoisotopic (exact) mass is 438 g/mol. The Balaban J connectivity index is 1.35. The van der Waals surface area contributed by atoms with E-state index in [0.717, 1.165) is 43.1 Å². The Kier molecular flexibility index (Phi) is 7.24. The van der Waals surface area contributed by atoms with Crippen molar-refractivity contribution in [1.29, 1.82) is 0 Å². The Hall–Kier alpha value is -3.10. The Morgan fingerprint density at radius 1 is 0.938 bits per heavy atom. The third-order valence-corrected chi connectivity index (χ3v) is 5.96. The topological polar surface area (TPSA) is 83.1 Å². The van der Waals surface area contributed by atoms with Crippen molar-refractivity contribution in [1.82, 2.24) is 20.4 Å². The lowest BCUT2D eigenvalue weighted by Gasteiger charge is -2.38. The van der Waals surface area contributed by atoms with Gasteiger partial charge < -0.3 is 25.0 Å². The van der Waals surface area contributed by atoms with Crippen molar-refractivity contribution in [3.05, 3.63) is 59.7 Å². The molecule has 2 heterocycles. The molecule has 1 fully saturated rings. The minimum absolute atomic E-state index is 0.0562. The van der Waals surface area contributed by atoms with Crippen LogP contribution in [-0.4, -0.2) is 74.7 Å². The van der Waals surface area contributed by atoms with Crippen LogP contribution in [0.2, 0.25) is 0 Å². The lowest BCUT2D eigenvalue weighted by Crippen LogP contribution is -2.49. The molecule has 2 aliphatic heterocycles. The zero-order valence-corrected chi connectivity index (χ0v) is 18.4. The summed E-state index contributed by atoms with van der Waals surface area (Å²) in [6.07, 6.45) is 0.682. The van der Waals surface area contributed by atoms with Gasteiger partial charge in [0.2, 0.25) is 6.79 Å². The molecule has 8 nitrogen and oxygen atoms in total. The highest BCUT2D eigenvalue weighted by atomic mass is 16.7. The van der Waals surface area contributed by atoms with Gasteiger partial charge in [-0.3, -0.25) is 14.5 Å². The summed E-state index contributed by atoms with van der Waals surface area (Å²) in [7, 11) is 2.11. The van der Waals surface area contributed by atoms with Gasteiger partial charge in [-0.15, -0.1) is 0 Å². The van der Waals surface area contributed by atoms with Crippen LogP contribution in [-0.2, 0) is 16.0 Å². The highest BCUT2D eigenvalue weighted by Crippen LogP contribution is 2.35. The van der Waals surface area contributed by atoms with E-state index in [1.165, 1.54) is 0 Å². The second-order valence-electron chi connectivity index (χ2n) is 8.17. The molecule has 2 N–H and O–H groups in total. The molecule has 2 aromatic rings. The molecule has 4 rings (SSSR count). The molecule has 1 atom stereocenters. The van der Waals surface area contributed by atoms with Gasteiger partial charge in [-0.05, 0) is 36.7 Å². The number of rotatable bonds is 7. The molecular formula is C24H30N4O4. The fourth-order valence-corrected chi connectivity index (χ4v) is 4.03. The van der Waals surface area contributed by atoms with Gasteiger partial charge in [0.25, 0.3) is 0 Å². The van der Waals surface area contributed by atoms with Crippen molar-refractivity contribution in [2.45, 2.75) is 12.5 Å². The highest BCUT2D eigenvalue weighted by molar-refractivity contribution is 6.35. The average Bonchev–Trinajstić information content (AvgIpc) is 3.29. The van der Waals surface area contributed by atoms with Crippen molar-refractivity contribution in [2.24, 2.45) is 0 Å². The summed E-state index contributed by atoms with van der Waals surface area (Å²) in [6.45, 7) is 4.65. The van der Waals surface area contributed by atoms with E-state index in [9.17, 15) is 9.59 Å². The van der Waals surface area contributed by atoms with E-state index in [2.05, 4.69) is 27.5 Å². The smallest absolute Gasteiger partial charge is 0.309 e. The lowest BCUT2D eigenvalue weighted by atomic mass is 10.0. The molecule has 1 unspecified atom stereocenters. The summed E-state index contributed by atoms with van der Waals surface area (Å²) in [5.74, 6) is 0.223. The number of ether oxygens (including phenoxy) is 2. The van der Waals surface area contributed by atoms with Gasteiger partial charge in [-0.2, -0.15) is 0 Å². The maximum Gasteiger partial charge on any atom is 0.309 e. The van der Waals surface area contributed by atoms with Gasteiger partial charge in [0.05, 0.1) is 6.04 Å². The van der Waals surface area contributed by atoms with Crippen LogP contribution < -0.4 is 20.1 Å². The molecule has 2 aliphatic rings. The van der Waals surface area contributed by atoms with Gasteiger partial charge in [-0.1, -0.05) is 36.4 Å². The third kappa shape index (κ3) is 5.57. The molecule has 2 amide bonds. The van der Waals surface area contributed by atoms with E-state index in [1.807, 2.05) is 48.5 Å². The van der Waals surface area contributed by atoms with Crippen LogP contribution in [0.3, 0.4) is 0 Å². The molecule has 1 saturated heterocycles. The Bertz CT molecular complexity index is 929. The first-order chi connectivity index (χ1) is 15.6. The number of benzene rings is 2. The van der Waals surface area contributed by atoms with Crippen LogP contribution in [0.5, 0.6) is 11.5 Å². The van der Waals surface area contributed by atoms with Crippen molar-refractivity contribution < 1.29 is 19.1 Å². The fourth-order valence-electron chi connectivity index (χ4n) is 4.03. The molecule has 32 heavy (non-hydrogen) atoms. The quantitative estimate of drug-likeness (QED) is 0.632. The molecule has 0 bridgehead atoms. The van der Waals surface area contributed by atoms with Crippen molar-refractivity contribution in [3.63, 3.8) is 0 Å². The van der Waals surface area contributed by atoms with Gasteiger partial charge in [0.1, 0.15) is 0 Å². The molecule has 2 aromatic carbocycles. The minimum Gasteiger partial charge on any atom is -0.454 e. The van der Waals surface area contributed by atoms with Crippen molar-refractivity contribution in [3.8, 4) is 11.5 Å². The summed E-state index contributed by atoms with van der Waals surface area (Å²) in [5, 5.41) is 5.53. The van der Waals surface area contributed by atoms with E-state index in [0.29, 0.717) is 25.3 Å². The molecule has 0 radical (unpaired) electrons. The Morgan fingerprint density at radius 3 is 2.44 bits per heavy atom. The molecule has 0 spiro atoms. The zero-order valence-electron chi connectivity index (χ0n) is 18.4. The normalized spacial score (nSPS) is 17.0. The number of fused-ring (bicyclic) bond motifs is 1. The van der Waals surface area contributed by atoms with Crippen LogP contribution in [0.1, 0.15) is 17.2 Å². The Labute approximate surface area is 188 Å². The van der Waals surface area contributed by atoms with E-state index in [4.69, 9.17) is 9.47 Å². The number of amides is 2. The van der Waals surface area contributed by atoms with Crippen LogP contribution in [0.25, 0.3) is 0 Å². The number of hydrogen-bond donors (Lipinski definition) is 2. The van der Waals surface area contributed by atoms with Gasteiger partial charge >= 0.3 is 11.8 Å². The van der Waals surface area contributed by atoms with Gasteiger partial charge in [0.15, 0.2) is 11.5 Å². The van der Waals surface area contributed by atoms with Crippen LogP contribution >= 0.6 is 0 Å². The summed E-state index contributed by atoms with van der Waals surface area (Å²) in [5.41, 5.74) is 2.15. The van der Waals surface area contributed by atoms with Crippen molar-refractivity contribution in [2.75, 3.05) is 53.1 Å². The molecule has 170 valence electrons. The summed E-state index contributed by atoms with van der Waals surface area (Å²) in [4.78, 5) is 29.3. The number of hydrogen-bond acceptors (Lipinski definition) is 6. The Morgan fingerprint density at radius 2 is 1.66 bits per heavy atom. The van der Waals surface area contributed by atoms with E-state index in [1.54, 1.807) is 0 Å². The largest absolute Gasteiger partial charge is 0.454 e. The SMILES string of the molecule is CN1CCN(C(CNC(=O)C(=O)NCCc2ccccc2)c2ccc3c(c2)OCO3)CC1. The molecule has 0 saturated carbocycles. The number of carbonyl (C=O) groups is 2. The maximum absolute atomic E-state index is 12.4. The van der Waals surface area contributed by atoms with E-state index >= 15 is 0 Å². The highest BCUT2D eigenvalue weighted by Gasteiger charge is 2.27.